The normalized spacial score (nSPS) is 19.5. The molecule has 0 aromatic heterocycles. The van der Waals surface area contributed by atoms with Gasteiger partial charge in [-0.2, -0.15) is 0 Å². The van der Waals surface area contributed by atoms with Gasteiger partial charge in [0.05, 0.1) is 13.1 Å². The molecule has 8 nitrogen and oxygen atoms in total. The third-order valence-corrected chi connectivity index (χ3v) is 3.43. The highest BCUT2D eigenvalue weighted by atomic mass is 16.5. The van der Waals surface area contributed by atoms with Gasteiger partial charge < -0.3 is 9.94 Å². The molecule has 3 rings (SSSR count). The summed E-state index contributed by atoms with van der Waals surface area (Å²) in [5.74, 6) is 0.479. The Balaban J connectivity index is 1.71. The second kappa shape index (κ2) is 5.84. The summed E-state index contributed by atoms with van der Waals surface area (Å²) in [6.45, 7) is 1.54. The number of carbonyl (C=O) groups is 1. The monoisotopic (exact) mass is 301 g/mol. The SMILES string of the molecule is N=C1C(=NO)C(=O)N2CCN=C2N1CCOc1ccccc1. The minimum Gasteiger partial charge on any atom is -0.492 e. The minimum absolute atomic E-state index is 0.166. The first-order chi connectivity index (χ1) is 10.7. The average Bonchev–Trinajstić information content (AvgIpc) is 3.02. The van der Waals surface area contributed by atoms with E-state index >= 15 is 0 Å². The Morgan fingerprint density at radius 2 is 2.14 bits per heavy atom. The summed E-state index contributed by atoms with van der Waals surface area (Å²) in [6.07, 6.45) is 0. The maximum absolute atomic E-state index is 12.0. The van der Waals surface area contributed by atoms with Crippen LogP contribution in [0.5, 0.6) is 5.75 Å². The van der Waals surface area contributed by atoms with E-state index in [9.17, 15) is 4.79 Å². The van der Waals surface area contributed by atoms with Crippen LogP contribution in [-0.4, -0.2) is 64.7 Å². The second-order valence-corrected chi connectivity index (χ2v) is 4.75. The van der Waals surface area contributed by atoms with Crippen LogP contribution in [0.25, 0.3) is 0 Å². The van der Waals surface area contributed by atoms with Crippen LogP contribution in [0.3, 0.4) is 0 Å². The van der Waals surface area contributed by atoms with E-state index in [4.69, 9.17) is 15.4 Å². The Morgan fingerprint density at radius 3 is 2.86 bits per heavy atom. The van der Waals surface area contributed by atoms with Crippen molar-refractivity contribution in [3.8, 4) is 5.75 Å². The topological polar surface area (TPSA) is 102 Å². The number of carbonyl (C=O) groups excluding carboxylic acids is 1. The minimum atomic E-state index is -0.496. The van der Waals surface area contributed by atoms with Crippen LogP contribution in [0.4, 0.5) is 0 Å². The summed E-state index contributed by atoms with van der Waals surface area (Å²) in [6, 6.07) is 9.32. The molecule has 0 radical (unpaired) electrons. The first-order valence-electron chi connectivity index (χ1n) is 6.85. The first-order valence-corrected chi connectivity index (χ1v) is 6.85. The number of hydrogen-bond acceptors (Lipinski definition) is 6. The number of aliphatic imine (C=N–C) groups is 1. The number of fused-ring (bicyclic) bond motifs is 1. The number of amidine groups is 1. The lowest BCUT2D eigenvalue weighted by Crippen LogP contribution is -2.60. The van der Waals surface area contributed by atoms with Crippen molar-refractivity contribution in [2.24, 2.45) is 10.1 Å². The molecule has 0 bridgehead atoms. The van der Waals surface area contributed by atoms with Crippen LogP contribution < -0.4 is 4.74 Å². The molecule has 2 heterocycles. The van der Waals surface area contributed by atoms with E-state index in [0.717, 1.165) is 5.75 Å². The van der Waals surface area contributed by atoms with Gasteiger partial charge in [-0.15, -0.1) is 0 Å². The molecule has 1 aromatic rings. The van der Waals surface area contributed by atoms with Crippen LogP contribution in [-0.2, 0) is 4.79 Å². The smallest absolute Gasteiger partial charge is 0.286 e. The molecule has 2 aliphatic rings. The van der Waals surface area contributed by atoms with Gasteiger partial charge >= 0.3 is 0 Å². The lowest BCUT2D eigenvalue weighted by atomic mass is 10.2. The summed E-state index contributed by atoms with van der Waals surface area (Å²) < 4.78 is 5.60. The van der Waals surface area contributed by atoms with Crippen molar-refractivity contribution < 1.29 is 14.7 Å². The molecule has 1 aromatic carbocycles. The number of guanidine groups is 1. The third-order valence-electron chi connectivity index (χ3n) is 3.43. The zero-order chi connectivity index (χ0) is 15.5. The van der Waals surface area contributed by atoms with Crippen molar-refractivity contribution in [3.05, 3.63) is 30.3 Å². The molecule has 8 heteroatoms. The van der Waals surface area contributed by atoms with Gasteiger partial charge in [-0.3, -0.25) is 25.0 Å². The summed E-state index contributed by atoms with van der Waals surface area (Å²) >= 11 is 0. The van der Waals surface area contributed by atoms with Gasteiger partial charge in [-0.25, -0.2) is 0 Å². The summed E-state index contributed by atoms with van der Waals surface area (Å²) in [5.41, 5.74) is -0.277. The molecule has 0 spiro atoms. The molecule has 0 unspecified atom stereocenters. The first kappa shape index (κ1) is 14.1. The van der Waals surface area contributed by atoms with Crippen molar-refractivity contribution >= 4 is 23.4 Å². The fourth-order valence-electron chi connectivity index (χ4n) is 2.39. The summed E-state index contributed by atoms with van der Waals surface area (Å²) in [5, 5.41) is 19.9. The second-order valence-electron chi connectivity index (χ2n) is 4.75. The number of hydrogen-bond donors (Lipinski definition) is 2. The highest BCUT2D eigenvalue weighted by Crippen LogP contribution is 2.16. The Kier molecular flexibility index (Phi) is 3.73. The molecule has 22 heavy (non-hydrogen) atoms. The number of nitrogens with one attached hydrogen (secondary N) is 1. The molecule has 0 saturated carbocycles. The number of rotatable bonds is 4. The lowest BCUT2D eigenvalue weighted by Gasteiger charge is -2.34. The zero-order valence-corrected chi connectivity index (χ0v) is 11.8. The van der Waals surface area contributed by atoms with Gasteiger partial charge in [0.1, 0.15) is 12.4 Å². The van der Waals surface area contributed by atoms with E-state index in [1.807, 2.05) is 30.3 Å². The van der Waals surface area contributed by atoms with Crippen molar-refractivity contribution in [1.82, 2.24) is 9.80 Å². The Morgan fingerprint density at radius 1 is 1.36 bits per heavy atom. The molecule has 114 valence electrons. The lowest BCUT2D eigenvalue weighted by molar-refractivity contribution is -0.120. The number of oxime groups is 1. The number of ether oxygens (including phenoxy) is 1. The van der Waals surface area contributed by atoms with Gasteiger partial charge in [-0.05, 0) is 12.1 Å². The van der Waals surface area contributed by atoms with Crippen LogP contribution in [0.1, 0.15) is 0 Å². The highest BCUT2D eigenvalue weighted by Gasteiger charge is 2.41. The fourth-order valence-corrected chi connectivity index (χ4v) is 2.39. The van der Waals surface area contributed by atoms with Crippen molar-refractivity contribution in [2.75, 3.05) is 26.2 Å². The van der Waals surface area contributed by atoms with Crippen LogP contribution in [0.2, 0.25) is 0 Å². The number of nitrogens with zero attached hydrogens (tertiary/aromatic N) is 4. The Hall–Kier alpha value is -2.90. The third kappa shape index (κ3) is 2.39. The van der Waals surface area contributed by atoms with E-state index in [2.05, 4.69) is 10.1 Å². The van der Waals surface area contributed by atoms with Crippen molar-refractivity contribution in [3.63, 3.8) is 0 Å². The van der Waals surface area contributed by atoms with E-state index in [0.29, 0.717) is 32.2 Å². The molecule has 1 saturated heterocycles. The highest BCUT2D eigenvalue weighted by molar-refractivity contribution is 6.69. The summed E-state index contributed by atoms with van der Waals surface area (Å²) in [4.78, 5) is 19.2. The number of para-hydroxylation sites is 1. The number of benzene rings is 1. The predicted octanol–water partition coefficient (Wildman–Crippen LogP) is 0.387. The van der Waals surface area contributed by atoms with E-state index in [1.54, 1.807) is 0 Å². The van der Waals surface area contributed by atoms with Crippen LogP contribution in [0, 0.1) is 5.41 Å². The Labute approximate surface area is 126 Å². The molecule has 1 fully saturated rings. The molecule has 0 aliphatic carbocycles. The van der Waals surface area contributed by atoms with Gasteiger partial charge in [0.15, 0.2) is 5.84 Å². The van der Waals surface area contributed by atoms with E-state index in [-0.39, 0.29) is 11.5 Å². The molecular formula is C14H15N5O3. The average molecular weight is 301 g/mol. The predicted molar refractivity (Wildman–Crippen MR) is 79.6 cm³/mol. The molecule has 2 aliphatic heterocycles. The van der Waals surface area contributed by atoms with Gasteiger partial charge in [-0.1, -0.05) is 23.4 Å². The largest absolute Gasteiger partial charge is 0.492 e. The van der Waals surface area contributed by atoms with Gasteiger partial charge in [0, 0.05) is 6.54 Å². The number of amides is 1. The molecule has 1 amide bonds. The van der Waals surface area contributed by atoms with Crippen LogP contribution in [0.15, 0.2) is 40.5 Å². The van der Waals surface area contributed by atoms with Crippen LogP contribution >= 0.6 is 0 Å². The maximum atomic E-state index is 12.0. The van der Waals surface area contributed by atoms with Crippen molar-refractivity contribution in [1.29, 1.82) is 5.41 Å². The van der Waals surface area contributed by atoms with E-state index < -0.39 is 5.91 Å². The maximum Gasteiger partial charge on any atom is 0.286 e. The molecular weight excluding hydrogens is 286 g/mol. The van der Waals surface area contributed by atoms with Gasteiger partial charge in [0.2, 0.25) is 11.7 Å². The van der Waals surface area contributed by atoms with Crippen molar-refractivity contribution in [2.45, 2.75) is 0 Å². The zero-order valence-electron chi connectivity index (χ0n) is 11.8. The molecule has 2 N–H and O–H groups in total. The van der Waals surface area contributed by atoms with Gasteiger partial charge in [0.25, 0.3) is 5.91 Å². The standard InChI is InChI=1S/C14H15N5O3/c15-12-11(17-21)13(20)19-7-6-16-14(19)18(12)8-9-22-10-4-2-1-3-5-10/h1-5,15,21H,6-9H2. The Bertz CT molecular complexity index is 656. The quantitative estimate of drug-likeness (QED) is 0.620. The fraction of sp³-hybridized carbons (Fsp3) is 0.286. The summed E-state index contributed by atoms with van der Waals surface area (Å²) in [7, 11) is 0. The van der Waals surface area contributed by atoms with E-state index in [1.165, 1.54) is 9.80 Å². The molecule has 0 atom stereocenters.